The number of fused-ring (bicyclic) bond motifs is 2. The molecule has 3 aromatic carbocycles. The van der Waals surface area contributed by atoms with Crippen molar-refractivity contribution in [2.24, 2.45) is 0 Å². The van der Waals surface area contributed by atoms with Gasteiger partial charge in [-0.1, -0.05) is 12.1 Å². The number of amides is 1. The first-order valence-corrected chi connectivity index (χ1v) is 9.97. The molecule has 32 heavy (non-hydrogen) atoms. The number of anilines is 1. The molecular weight excluding hydrogens is 406 g/mol. The van der Waals surface area contributed by atoms with Gasteiger partial charge in [-0.3, -0.25) is 9.59 Å². The largest absolute Gasteiger partial charge is 0.495 e. The van der Waals surface area contributed by atoms with Gasteiger partial charge in [0.25, 0.3) is 11.5 Å². The number of nitrogens with one attached hydrogen (secondary N) is 3. The Kier molecular flexibility index (Phi) is 4.67. The summed E-state index contributed by atoms with van der Waals surface area (Å²) in [5, 5.41) is 3.32. The third-order valence-electron chi connectivity index (χ3n) is 5.20. The van der Waals surface area contributed by atoms with Crippen molar-refractivity contribution < 1.29 is 9.53 Å². The van der Waals surface area contributed by atoms with Gasteiger partial charge in [0.1, 0.15) is 17.4 Å². The summed E-state index contributed by atoms with van der Waals surface area (Å²) in [6.07, 6.45) is 0. The maximum Gasteiger partial charge on any atom is 0.258 e. The fraction of sp³-hybridized carbons (Fsp3) is 0.0833. The van der Waals surface area contributed by atoms with Gasteiger partial charge in [-0.05, 0) is 55.5 Å². The molecule has 8 heteroatoms. The number of ether oxygens (including phenoxy) is 1. The lowest BCUT2D eigenvalue weighted by molar-refractivity contribution is 0.102. The van der Waals surface area contributed by atoms with E-state index in [9.17, 15) is 9.59 Å². The summed E-state index contributed by atoms with van der Waals surface area (Å²) in [5.41, 5.74) is 3.70. The van der Waals surface area contributed by atoms with Crippen LogP contribution in [0.5, 0.6) is 5.75 Å². The monoisotopic (exact) mass is 425 g/mol. The molecule has 0 fully saturated rings. The van der Waals surface area contributed by atoms with Crippen LogP contribution in [0.4, 0.5) is 5.69 Å². The minimum Gasteiger partial charge on any atom is -0.495 e. The standard InChI is InChI=1S/C24H19N5O3/c1-13-25-19-12-15(7-9-16(19)24(31)26-13)23(30)29-20-11-14(8-10-21(20)32-2)22-27-17-5-3-4-6-18(17)28-22/h3-12H,1-2H3,(H,27,28)(H,29,30)(H,25,26,31). The lowest BCUT2D eigenvalue weighted by Crippen LogP contribution is -2.14. The second-order valence-electron chi connectivity index (χ2n) is 7.36. The number of carbonyl (C=O) groups excluding carboxylic acids is 1. The van der Waals surface area contributed by atoms with Gasteiger partial charge in [-0.15, -0.1) is 0 Å². The van der Waals surface area contributed by atoms with Gasteiger partial charge in [-0.25, -0.2) is 9.97 Å². The predicted octanol–water partition coefficient (Wildman–Crippen LogP) is 4.04. The molecule has 0 spiro atoms. The molecular formula is C24H19N5O3. The molecule has 2 aromatic heterocycles. The van der Waals surface area contributed by atoms with E-state index in [1.54, 1.807) is 38.3 Å². The van der Waals surface area contributed by atoms with Crippen molar-refractivity contribution in [3.05, 3.63) is 82.4 Å². The first kappa shape index (κ1) is 19.5. The number of imidazole rings is 1. The van der Waals surface area contributed by atoms with Crippen molar-refractivity contribution in [2.75, 3.05) is 12.4 Å². The smallest absolute Gasteiger partial charge is 0.258 e. The average Bonchev–Trinajstić information content (AvgIpc) is 3.23. The topological polar surface area (TPSA) is 113 Å². The van der Waals surface area contributed by atoms with Gasteiger partial charge in [0.2, 0.25) is 0 Å². The Hall–Kier alpha value is -4.46. The van der Waals surface area contributed by atoms with E-state index >= 15 is 0 Å². The van der Waals surface area contributed by atoms with E-state index < -0.39 is 0 Å². The zero-order valence-electron chi connectivity index (χ0n) is 17.4. The summed E-state index contributed by atoms with van der Waals surface area (Å²) in [6.45, 7) is 1.70. The van der Waals surface area contributed by atoms with Crippen LogP contribution in [0.15, 0.2) is 65.5 Å². The molecule has 5 rings (SSSR count). The number of nitrogens with zero attached hydrogens (tertiary/aromatic N) is 2. The molecule has 0 radical (unpaired) electrons. The first-order valence-electron chi connectivity index (χ1n) is 9.97. The molecule has 0 unspecified atom stereocenters. The molecule has 0 bridgehead atoms. The van der Waals surface area contributed by atoms with E-state index in [0.717, 1.165) is 16.6 Å². The molecule has 8 nitrogen and oxygen atoms in total. The third-order valence-corrected chi connectivity index (χ3v) is 5.20. The summed E-state index contributed by atoms with van der Waals surface area (Å²) >= 11 is 0. The number of H-pyrrole nitrogens is 2. The van der Waals surface area contributed by atoms with Crippen molar-refractivity contribution >= 4 is 33.5 Å². The second kappa shape index (κ2) is 7.66. The number of aromatic nitrogens is 4. The molecule has 1 amide bonds. The van der Waals surface area contributed by atoms with Gasteiger partial charge in [-0.2, -0.15) is 0 Å². The van der Waals surface area contributed by atoms with Crippen molar-refractivity contribution in [2.45, 2.75) is 6.92 Å². The number of carbonyl (C=O) groups is 1. The molecule has 0 aliphatic rings. The van der Waals surface area contributed by atoms with Crippen LogP contribution in [0.1, 0.15) is 16.2 Å². The van der Waals surface area contributed by atoms with Crippen molar-refractivity contribution in [3.8, 4) is 17.1 Å². The van der Waals surface area contributed by atoms with Crippen molar-refractivity contribution in [1.82, 2.24) is 19.9 Å². The van der Waals surface area contributed by atoms with E-state index in [0.29, 0.717) is 39.6 Å². The molecule has 0 aliphatic carbocycles. The lowest BCUT2D eigenvalue weighted by atomic mass is 10.1. The Balaban J connectivity index is 1.50. The van der Waals surface area contributed by atoms with E-state index in [2.05, 4.69) is 25.3 Å². The molecule has 158 valence electrons. The zero-order chi connectivity index (χ0) is 22.2. The SMILES string of the molecule is COc1ccc(-c2nc3ccccc3[nH]2)cc1NC(=O)c1ccc2c(=O)[nH]c(C)nc2c1. The van der Waals surface area contributed by atoms with Gasteiger partial charge >= 0.3 is 0 Å². The Morgan fingerprint density at radius 3 is 2.62 bits per heavy atom. The van der Waals surface area contributed by atoms with Crippen LogP contribution in [0.3, 0.4) is 0 Å². The Bertz CT molecular complexity index is 1520. The van der Waals surface area contributed by atoms with Gasteiger partial charge in [0.15, 0.2) is 0 Å². The molecule has 2 heterocycles. The highest BCUT2D eigenvalue weighted by atomic mass is 16.5. The maximum atomic E-state index is 13.0. The maximum absolute atomic E-state index is 13.0. The lowest BCUT2D eigenvalue weighted by Gasteiger charge is -2.12. The van der Waals surface area contributed by atoms with Crippen LogP contribution in [0, 0.1) is 6.92 Å². The quantitative estimate of drug-likeness (QED) is 0.402. The fourth-order valence-electron chi connectivity index (χ4n) is 3.63. The number of rotatable bonds is 4. The highest BCUT2D eigenvalue weighted by Crippen LogP contribution is 2.31. The third kappa shape index (κ3) is 3.47. The summed E-state index contributed by atoms with van der Waals surface area (Å²) in [4.78, 5) is 39.9. The number of aromatic amines is 2. The van der Waals surface area contributed by atoms with Crippen LogP contribution < -0.4 is 15.6 Å². The highest BCUT2D eigenvalue weighted by molar-refractivity contribution is 6.07. The number of aryl methyl sites for hydroxylation is 1. The number of benzene rings is 3. The predicted molar refractivity (Wildman–Crippen MR) is 123 cm³/mol. The molecule has 0 atom stereocenters. The summed E-state index contributed by atoms with van der Waals surface area (Å²) in [7, 11) is 1.54. The molecule has 0 saturated heterocycles. The van der Waals surface area contributed by atoms with E-state index in [1.165, 1.54) is 0 Å². The number of hydrogen-bond acceptors (Lipinski definition) is 5. The van der Waals surface area contributed by atoms with Crippen LogP contribution in [0.2, 0.25) is 0 Å². The highest BCUT2D eigenvalue weighted by Gasteiger charge is 2.14. The van der Waals surface area contributed by atoms with Crippen LogP contribution in [0.25, 0.3) is 33.3 Å². The van der Waals surface area contributed by atoms with Crippen LogP contribution in [-0.2, 0) is 0 Å². The summed E-state index contributed by atoms with van der Waals surface area (Å²) < 4.78 is 5.43. The molecule has 3 N–H and O–H groups in total. The first-order chi connectivity index (χ1) is 15.5. The Morgan fingerprint density at radius 1 is 0.969 bits per heavy atom. The van der Waals surface area contributed by atoms with Gasteiger partial charge in [0, 0.05) is 11.1 Å². The Labute approximate surface area is 182 Å². The fourth-order valence-corrected chi connectivity index (χ4v) is 3.63. The minimum absolute atomic E-state index is 0.236. The normalized spacial score (nSPS) is 11.1. The van der Waals surface area contributed by atoms with Crippen LogP contribution in [-0.4, -0.2) is 33.0 Å². The second-order valence-corrected chi connectivity index (χ2v) is 7.36. The number of para-hydroxylation sites is 2. The molecule has 0 saturated carbocycles. The average molecular weight is 425 g/mol. The van der Waals surface area contributed by atoms with Gasteiger partial charge in [0.05, 0.1) is 34.7 Å². The van der Waals surface area contributed by atoms with Crippen molar-refractivity contribution in [1.29, 1.82) is 0 Å². The number of hydrogen-bond donors (Lipinski definition) is 3. The summed E-state index contributed by atoms with van der Waals surface area (Å²) in [6, 6.07) is 18.0. The van der Waals surface area contributed by atoms with Crippen molar-refractivity contribution in [3.63, 3.8) is 0 Å². The Morgan fingerprint density at radius 2 is 1.81 bits per heavy atom. The van der Waals surface area contributed by atoms with E-state index in [-0.39, 0.29) is 11.5 Å². The molecule has 0 aliphatic heterocycles. The summed E-state index contributed by atoms with van der Waals surface area (Å²) in [5.74, 6) is 1.35. The van der Waals surface area contributed by atoms with E-state index in [4.69, 9.17) is 4.74 Å². The van der Waals surface area contributed by atoms with Crippen LogP contribution >= 0.6 is 0 Å². The zero-order valence-corrected chi connectivity index (χ0v) is 17.4. The van der Waals surface area contributed by atoms with E-state index in [1.807, 2.05) is 36.4 Å². The number of methoxy groups -OCH3 is 1. The minimum atomic E-state index is -0.341. The molecule has 5 aromatic rings. The van der Waals surface area contributed by atoms with Gasteiger partial charge < -0.3 is 20.0 Å².